The Labute approximate surface area is 162 Å². The molecule has 0 radical (unpaired) electrons. The summed E-state index contributed by atoms with van der Waals surface area (Å²) in [6.07, 6.45) is 0. The minimum absolute atomic E-state index is 0.274. The van der Waals surface area contributed by atoms with Gasteiger partial charge in [0.25, 0.3) is 5.91 Å². The number of hydrogen-bond donors (Lipinski definition) is 1. The van der Waals surface area contributed by atoms with E-state index in [9.17, 15) is 14.9 Å². The van der Waals surface area contributed by atoms with Gasteiger partial charge in [-0.3, -0.25) is 9.48 Å². The van der Waals surface area contributed by atoms with Crippen molar-refractivity contribution in [2.45, 2.75) is 40.3 Å². The first-order chi connectivity index (χ1) is 13.2. The van der Waals surface area contributed by atoms with Gasteiger partial charge in [0.2, 0.25) is 0 Å². The minimum atomic E-state index is -0.687. The third-order valence-corrected chi connectivity index (χ3v) is 4.47. The van der Waals surface area contributed by atoms with E-state index in [1.807, 2.05) is 42.8 Å². The van der Waals surface area contributed by atoms with Gasteiger partial charge in [-0.1, -0.05) is 12.1 Å². The van der Waals surface area contributed by atoms with Crippen LogP contribution >= 0.6 is 0 Å². The third kappa shape index (κ3) is 4.08. The van der Waals surface area contributed by atoms with Gasteiger partial charge in [-0.2, -0.15) is 9.78 Å². The van der Waals surface area contributed by atoms with Crippen molar-refractivity contribution in [1.29, 1.82) is 0 Å². The molecule has 0 saturated heterocycles. The largest absolute Gasteiger partial charge is 0.390 e. The first-order valence-corrected chi connectivity index (χ1v) is 8.86. The van der Waals surface area contributed by atoms with Gasteiger partial charge in [-0.15, -0.1) is 0 Å². The van der Waals surface area contributed by atoms with Crippen molar-refractivity contribution in [3.05, 3.63) is 69.2 Å². The van der Waals surface area contributed by atoms with Gasteiger partial charge in [0.05, 0.1) is 29.1 Å². The number of anilines is 1. The Kier molecular flexibility index (Phi) is 5.25. The normalized spacial score (nSPS) is 12.0. The average molecular weight is 382 g/mol. The van der Waals surface area contributed by atoms with Crippen LogP contribution in [0.2, 0.25) is 0 Å². The van der Waals surface area contributed by atoms with Crippen LogP contribution in [0.15, 0.2) is 36.4 Å². The molecule has 1 atom stereocenters. The van der Waals surface area contributed by atoms with Gasteiger partial charge < -0.3 is 15.4 Å². The van der Waals surface area contributed by atoms with Crippen molar-refractivity contribution in [1.82, 2.24) is 19.6 Å². The summed E-state index contributed by atoms with van der Waals surface area (Å²) in [5.74, 6) is -0.576. The number of aryl methyl sites for hydroxylation is 3. The summed E-state index contributed by atoms with van der Waals surface area (Å²) < 4.78 is 3.26. The van der Waals surface area contributed by atoms with Crippen LogP contribution in [-0.4, -0.2) is 30.4 Å². The monoisotopic (exact) mass is 382 g/mol. The zero-order valence-corrected chi connectivity index (χ0v) is 16.2. The molecule has 1 N–H and O–H groups in total. The summed E-state index contributed by atoms with van der Waals surface area (Å²) in [7, 11) is 0. The number of nitrogens with zero attached hydrogens (tertiary/aromatic N) is 5. The fraction of sp³-hybridized carbons (Fsp3) is 0.316. The summed E-state index contributed by atoms with van der Waals surface area (Å²) in [6, 6.07) is 10.2. The second kappa shape index (κ2) is 7.63. The maximum absolute atomic E-state index is 12.6. The topological polar surface area (TPSA) is 108 Å². The molecule has 0 spiro atoms. The number of carbonyl (C=O) groups excluding carboxylic acids is 1. The molecule has 0 aliphatic heterocycles. The van der Waals surface area contributed by atoms with Crippen LogP contribution in [0.4, 0.5) is 11.5 Å². The molecular weight excluding hydrogens is 360 g/mol. The van der Waals surface area contributed by atoms with Gasteiger partial charge in [-0.25, -0.2) is 0 Å². The van der Waals surface area contributed by atoms with Crippen LogP contribution in [0.1, 0.15) is 35.6 Å². The molecule has 1 unspecified atom stereocenters. The maximum atomic E-state index is 12.6. The molecule has 146 valence electrons. The number of nitrogens with one attached hydrogen (secondary N) is 1. The highest BCUT2D eigenvalue weighted by atomic mass is 16.6. The van der Waals surface area contributed by atoms with E-state index in [4.69, 9.17) is 0 Å². The Hall–Kier alpha value is -3.49. The average Bonchev–Trinajstić information content (AvgIpc) is 3.16. The van der Waals surface area contributed by atoms with Crippen LogP contribution in [0.25, 0.3) is 0 Å². The molecular formula is C19H22N6O3. The van der Waals surface area contributed by atoms with Crippen molar-refractivity contribution in [2.24, 2.45) is 0 Å². The van der Waals surface area contributed by atoms with E-state index < -0.39 is 11.0 Å². The van der Waals surface area contributed by atoms with E-state index in [0.29, 0.717) is 17.9 Å². The zero-order valence-electron chi connectivity index (χ0n) is 16.2. The van der Waals surface area contributed by atoms with Crippen LogP contribution in [-0.2, 0) is 11.3 Å². The van der Waals surface area contributed by atoms with Gasteiger partial charge >= 0.3 is 5.82 Å². The molecule has 9 nitrogen and oxygen atoms in total. The predicted molar refractivity (Wildman–Crippen MR) is 104 cm³/mol. The van der Waals surface area contributed by atoms with E-state index in [0.717, 1.165) is 17.0 Å². The lowest BCUT2D eigenvalue weighted by Crippen LogP contribution is -2.25. The molecule has 9 heteroatoms. The number of aromatic nitrogens is 4. The summed E-state index contributed by atoms with van der Waals surface area (Å²) in [5, 5.41) is 22.1. The molecule has 2 aromatic heterocycles. The van der Waals surface area contributed by atoms with Crippen LogP contribution in [0.3, 0.4) is 0 Å². The summed E-state index contributed by atoms with van der Waals surface area (Å²) in [5.41, 5.74) is 4.22. The summed E-state index contributed by atoms with van der Waals surface area (Å²) in [6.45, 7) is 7.88. The van der Waals surface area contributed by atoms with E-state index >= 15 is 0 Å². The molecule has 0 bridgehead atoms. The van der Waals surface area contributed by atoms with Crippen molar-refractivity contribution in [3.8, 4) is 0 Å². The number of rotatable bonds is 6. The van der Waals surface area contributed by atoms with Gasteiger partial charge in [0.1, 0.15) is 6.04 Å². The number of carbonyl (C=O) groups is 1. The van der Waals surface area contributed by atoms with Crippen molar-refractivity contribution in [2.75, 3.05) is 5.32 Å². The Morgan fingerprint density at radius 1 is 1.18 bits per heavy atom. The van der Waals surface area contributed by atoms with Crippen molar-refractivity contribution >= 4 is 17.4 Å². The quantitative estimate of drug-likeness (QED) is 0.520. The van der Waals surface area contributed by atoms with E-state index in [-0.39, 0.29) is 11.7 Å². The van der Waals surface area contributed by atoms with Crippen molar-refractivity contribution < 1.29 is 9.72 Å². The molecule has 3 aromatic rings. The van der Waals surface area contributed by atoms with Crippen LogP contribution in [0, 0.1) is 30.9 Å². The first kappa shape index (κ1) is 19.3. The number of hydrogen-bond acceptors (Lipinski definition) is 5. The van der Waals surface area contributed by atoms with Crippen LogP contribution in [0.5, 0.6) is 0 Å². The third-order valence-electron chi connectivity index (χ3n) is 4.47. The molecule has 0 aliphatic carbocycles. The minimum Gasteiger partial charge on any atom is -0.358 e. The highest BCUT2D eigenvalue weighted by molar-refractivity contribution is 5.93. The number of amides is 1. The second-order valence-electron chi connectivity index (χ2n) is 6.80. The molecule has 28 heavy (non-hydrogen) atoms. The smallest absolute Gasteiger partial charge is 0.358 e. The fourth-order valence-electron chi connectivity index (χ4n) is 3.07. The SMILES string of the molecule is Cc1cc(C)n(Cc2cccc(NC(=O)C(C)n3nc([N+](=O)[O-])cc3C)c2)n1. The fourth-order valence-corrected chi connectivity index (χ4v) is 3.07. The molecule has 1 aromatic carbocycles. The molecule has 2 heterocycles. The Morgan fingerprint density at radius 2 is 1.93 bits per heavy atom. The first-order valence-electron chi connectivity index (χ1n) is 8.86. The number of benzene rings is 1. The standard InChI is InChI=1S/C19H22N6O3/c1-12-8-13(2)23(21-12)11-16-6-5-7-17(10-16)20-19(26)15(4)24-14(3)9-18(22-24)25(27)28/h5-10,15H,11H2,1-4H3,(H,20,26). The highest BCUT2D eigenvalue weighted by Crippen LogP contribution is 2.19. The molecule has 1 amide bonds. The lowest BCUT2D eigenvalue weighted by atomic mass is 10.2. The zero-order chi connectivity index (χ0) is 20.4. The van der Waals surface area contributed by atoms with E-state index in [1.54, 1.807) is 19.9 Å². The van der Waals surface area contributed by atoms with Crippen molar-refractivity contribution in [3.63, 3.8) is 0 Å². The molecule has 0 saturated carbocycles. The predicted octanol–water partition coefficient (Wildman–Crippen LogP) is 3.16. The van der Waals surface area contributed by atoms with E-state index in [1.165, 1.54) is 10.7 Å². The highest BCUT2D eigenvalue weighted by Gasteiger charge is 2.24. The van der Waals surface area contributed by atoms with Gasteiger partial charge in [-0.05, 0) is 56.4 Å². The Bertz CT molecular complexity index is 1040. The molecule has 0 aliphatic rings. The summed E-state index contributed by atoms with van der Waals surface area (Å²) >= 11 is 0. The van der Waals surface area contributed by atoms with Gasteiger partial charge in [0.15, 0.2) is 0 Å². The van der Waals surface area contributed by atoms with Crippen LogP contribution < -0.4 is 5.32 Å². The second-order valence-corrected chi connectivity index (χ2v) is 6.80. The lowest BCUT2D eigenvalue weighted by Gasteiger charge is -2.12. The van der Waals surface area contributed by atoms with E-state index in [2.05, 4.69) is 15.5 Å². The summed E-state index contributed by atoms with van der Waals surface area (Å²) in [4.78, 5) is 22.9. The Balaban J connectivity index is 1.73. The molecule has 0 fully saturated rings. The number of nitro groups is 1. The molecule has 3 rings (SSSR count). The maximum Gasteiger partial charge on any atom is 0.390 e. The Morgan fingerprint density at radius 3 is 2.54 bits per heavy atom. The van der Waals surface area contributed by atoms with Gasteiger partial charge in [0, 0.05) is 11.4 Å². The lowest BCUT2D eigenvalue weighted by molar-refractivity contribution is -0.389.